The molecule has 0 atom stereocenters. The molecule has 0 saturated carbocycles. The molecule has 1 saturated heterocycles. The maximum atomic E-state index is 11.9. The number of anilines is 1. The van der Waals surface area contributed by atoms with Crippen LogP contribution in [-0.2, 0) is 4.79 Å². The molecule has 1 amide bonds. The molecular formula is C12H21N5O2. The van der Waals surface area contributed by atoms with Gasteiger partial charge in [0.1, 0.15) is 0 Å². The van der Waals surface area contributed by atoms with Crippen molar-refractivity contribution in [3.05, 3.63) is 5.89 Å². The van der Waals surface area contributed by atoms with Gasteiger partial charge in [-0.05, 0) is 19.5 Å². The van der Waals surface area contributed by atoms with Gasteiger partial charge in [-0.3, -0.25) is 15.0 Å². The molecule has 0 unspecified atom stereocenters. The minimum absolute atomic E-state index is 0.110. The zero-order valence-electron chi connectivity index (χ0n) is 11.5. The number of nitrogens with one attached hydrogen (secondary N) is 2. The van der Waals surface area contributed by atoms with Gasteiger partial charge >= 0.3 is 6.01 Å². The molecule has 1 aliphatic heterocycles. The fourth-order valence-electron chi connectivity index (χ4n) is 1.94. The predicted octanol–water partition coefficient (Wildman–Crippen LogP) is 0.427. The predicted molar refractivity (Wildman–Crippen MR) is 70.9 cm³/mol. The van der Waals surface area contributed by atoms with E-state index in [9.17, 15) is 4.79 Å². The normalized spacial score (nSPS) is 17.4. The molecular weight excluding hydrogens is 246 g/mol. The molecule has 1 fully saturated rings. The van der Waals surface area contributed by atoms with Crippen LogP contribution in [-0.4, -0.2) is 53.7 Å². The summed E-state index contributed by atoms with van der Waals surface area (Å²) in [7, 11) is 0. The number of rotatable bonds is 4. The van der Waals surface area contributed by atoms with Gasteiger partial charge in [-0.1, -0.05) is 18.9 Å². The van der Waals surface area contributed by atoms with Crippen LogP contribution in [0, 0.1) is 0 Å². The average molecular weight is 267 g/mol. The number of carbonyl (C=O) groups excluding carboxylic acids is 1. The summed E-state index contributed by atoms with van der Waals surface area (Å²) >= 11 is 0. The van der Waals surface area contributed by atoms with Crippen LogP contribution in [0.5, 0.6) is 0 Å². The number of aromatic nitrogens is 2. The van der Waals surface area contributed by atoms with Gasteiger partial charge < -0.3 is 9.73 Å². The molecule has 0 aromatic carbocycles. The number of carbonyl (C=O) groups is 1. The monoisotopic (exact) mass is 267 g/mol. The van der Waals surface area contributed by atoms with Crippen molar-refractivity contribution in [3.8, 4) is 0 Å². The van der Waals surface area contributed by atoms with Gasteiger partial charge in [-0.2, -0.15) is 0 Å². The van der Waals surface area contributed by atoms with Crippen LogP contribution in [0.3, 0.4) is 0 Å². The van der Waals surface area contributed by atoms with E-state index >= 15 is 0 Å². The highest BCUT2D eigenvalue weighted by atomic mass is 16.4. The van der Waals surface area contributed by atoms with E-state index in [1.54, 1.807) is 0 Å². The van der Waals surface area contributed by atoms with Crippen molar-refractivity contribution in [2.75, 3.05) is 38.0 Å². The lowest BCUT2D eigenvalue weighted by Crippen LogP contribution is -2.35. The standard InChI is InChI=1S/C12H21N5O2/c1-9(2)11-15-16-12(19-11)14-10(18)8-17-6-3-4-13-5-7-17/h9,13H,3-8H2,1-2H3,(H,14,16,18). The summed E-state index contributed by atoms with van der Waals surface area (Å²) in [5.74, 6) is 0.588. The summed E-state index contributed by atoms with van der Waals surface area (Å²) in [5, 5.41) is 13.6. The third-order valence-electron chi connectivity index (χ3n) is 2.98. The maximum Gasteiger partial charge on any atom is 0.322 e. The van der Waals surface area contributed by atoms with Crippen LogP contribution >= 0.6 is 0 Å². The second-order valence-electron chi connectivity index (χ2n) is 5.03. The molecule has 1 aromatic heterocycles. The summed E-state index contributed by atoms with van der Waals surface area (Å²) in [4.78, 5) is 14.0. The number of nitrogens with zero attached hydrogens (tertiary/aromatic N) is 3. The maximum absolute atomic E-state index is 11.9. The fraction of sp³-hybridized carbons (Fsp3) is 0.750. The molecule has 0 radical (unpaired) electrons. The van der Waals surface area contributed by atoms with Crippen molar-refractivity contribution >= 4 is 11.9 Å². The topological polar surface area (TPSA) is 83.3 Å². The Bertz CT molecular complexity index is 410. The van der Waals surface area contributed by atoms with E-state index in [-0.39, 0.29) is 17.8 Å². The zero-order chi connectivity index (χ0) is 13.7. The summed E-state index contributed by atoms with van der Waals surface area (Å²) in [6.45, 7) is 8.04. The van der Waals surface area contributed by atoms with Gasteiger partial charge in [-0.25, -0.2) is 0 Å². The summed E-state index contributed by atoms with van der Waals surface area (Å²) < 4.78 is 5.34. The van der Waals surface area contributed by atoms with Crippen molar-refractivity contribution in [2.24, 2.45) is 0 Å². The van der Waals surface area contributed by atoms with Gasteiger partial charge in [0.25, 0.3) is 0 Å². The van der Waals surface area contributed by atoms with Crippen molar-refractivity contribution < 1.29 is 9.21 Å². The molecule has 2 heterocycles. The van der Waals surface area contributed by atoms with E-state index in [4.69, 9.17) is 4.42 Å². The number of hydrogen-bond donors (Lipinski definition) is 2. The first kappa shape index (κ1) is 14.0. The van der Waals surface area contributed by atoms with Crippen molar-refractivity contribution in [2.45, 2.75) is 26.2 Å². The lowest BCUT2D eigenvalue weighted by atomic mass is 10.2. The molecule has 1 aliphatic rings. The molecule has 0 aliphatic carbocycles. The molecule has 106 valence electrons. The van der Waals surface area contributed by atoms with Crippen molar-refractivity contribution in [1.29, 1.82) is 0 Å². The first-order chi connectivity index (χ1) is 9.15. The van der Waals surface area contributed by atoms with Gasteiger partial charge in [-0.15, -0.1) is 5.10 Å². The Morgan fingerprint density at radius 3 is 3.00 bits per heavy atom. The first-order valence-corrected chi connectivity index (χ1v) is 6.71. The Hall–Kier alpha value is -1.47. The smallest absolute Gasteiger partial charge is 0.322 e. The molecule has 0 spiro atoms. The third kappa shape index (κ3) is 4.29. The van der Waals surface area contributed by atoms with Gasteiger partial charge in [0, 0.05) is 19.0 Å². The van der Waals surface area contributed by atoms with Crippen LogP contribution in [0.25, 0.3) is 0 Å². The Labute approximate surface area is 112 Å². The highest BCUT2D eigenvalue weighted by molar-refractivity contribution is 5.90. The second-order valence-corrected chi connectivity index (χ2v) is 5.03. The van der Waals surface area contributed by atoms with E-state index in [1.807, 2.05) is 13.8 Å². The second kappa shape index (κ2) is 6.63. The zero-order valence-corrected chi connectivity index (χ0v) is 11.5. The van der Waals surface area contributed by atoms with Gasteiger partial charge in [0.15, 0.2) is 0 Å². The highest BCUT2D eigenvalue weighted by Gasteiger charge is 2.15. The summed E-state index contributed by atoms with van der Waals surface area (Å²) in [6.07, 6.45) is 1.06. The molecule has 7 nitrogen and oxygen atoms in total. The molecule has 0 bridgehead atoms. The first-order valence-electron chi connectivity index (χ1n) is 6.71. The summed E-state index contributed by atoms with van der Waals surface area (Å²) in [6, 6.07) is 0.182. The Morgan fingerprint density at radius 2 is 2.26 bits per heavy atom. The van der Waals surface area contributed by atoms with E-state index in [0.717, 1.165) is 32.6 Å². The van der Waals surface area contributed by atoms with Crippen LogP contribution in [0.4, 0.5) is 6.01 Å². The molecule has 2 N–H and O–H groups in total. The Kier molecular flexibility index (Phi) is 4.86. The third-order valence-corrected chi connectivity index (χ3v) is 2.98. The fourth-order valence-corrected chi connectivity index (χ4v) is 1.94. The molecule has 7 heteroatoms. The quantitative estimate of drug-likeness (QED) is 0.823. The largest absolute Gasteiger partial charge is 0.408 e. The Morgan fingerprint density at radius 1 is 1.42 bits per heavy atom. The van der Waals surface area contributed by atoms with Gasteiger partial charge in [0.05, 0.1) is 6.54 Å². The van der Waals surface area contributed by atoms with E-state index in [1.165, 1.54) is 0 Å². The minimum Gasteiger partial charge on any atom is -0.408 e. The van der Waals surface area contributed by atoms with Crippen LogP contribution in [0.1, 0.15) is 32.1 Å². The van der Waals surface area contributed by atoms with Crippen LogP contribution < -0.4 is 10.6 Å². The molecule has 19 heavy (non-hydrogen) atoms. The van der Waals surface area contributed by atoms with Gasteiger partial charge in [0.2, 0.25) is 11.8 Å². The summed E-state index contributed by atoms with van der Waals surface area (Å²) in [5.41, 5.74) is 0. The molecule has 2 rings (SSSR count). The molecule has 1 aromatic rings. The van der Waals surface area contributed by atoms with Crippen LogP contribution in [0.2, 0.25) is 0 Å². The van der Waals surface area contributed by atoms with Crippen molar-refractivity contribution in [1.82, 2.24) is 20.4 Å². The lowest BCUT2D eigenvalue weighted by molar-refractivity contribution is -0.117. The van der Waals surface area contributed by atoms with Crippen LogP contribution in [0.15, 0.2) is 4.42 Å². The van der Waals surface area contributed by atoms with E-state index < -0.39 is 0 Å². The minimum atomic E-state index is -0.110. The number of amides is 1. The number of hydrogen-bond acceptors (Lipinski definition) is 6. The lowest BCUT2D eigenvalue weighted by Gasteiger charge is -2.17. The SMILES string of the molecule is CC(C)c1nnc(NC(=O)CN2CCCNCC2)o1. The highest BCUT2D eigenvalue weighted by Crippen LogP contribution is 2.14. The van der Waals surface area contributed by atoms with E-state index in [0.29, 0.717) is 12.4 Å². The van der Waals surface area contributed by atoms with E-state index in [2.05, 4.69) is 25.7 Å². The Balaban J connectivity index is 1.82. The van der Waals surface area contributed by atoms with Crippen molar-refractivity contribution in [3.63, 3.8) is 0 Å². The average Bonchev–Trinajstić information content (AvgIpc) is 2.67.